The number of hydrogen-bond acceptors (Lipinski definition) is 6. The van der Waals surface area contributed by atoms with Crippen LogP contribution in [0.5, 0.6) is 11.5 Å². The van der Waals surface area contributed by atoms with Crippen molar-refractivity contribution < 1.29 is 24.5 Å². The molecule has 2 aromatic rings. The third kappa shape index (κ3) is 4.45. The Morgan fingerprint density at radius 3 is 2.67 bits per heavy atom. The Hall–Kier alpha value is -3.09. The Balaban J connectivity index is 2.16. The van der Waals surface area contributed by atoms with E-state index in [0.29, 0.717) is 11.1 Å². The van der Waals surface area contributed by atoms with Crippen LogP contribution in [0, 0.1) is 0 Å². The molecule has 7 heteroatoms. The normalized spacial score (nSPS) is 11.5. The van der Waals surface area contributed by atoms with Gasteiger partial charge in [0.1, 0.15) is 6.04 Å². The first-order chi connectivity index (χ1) is 11.5. The predicted octanol–water partition coefficient (Wildman–Crippen LogP) is 1.40. The molecule has 1 aromatic heterocycles. The van der Waals surface area contributed by atoms with Crippen LogP contribution in [0.25, 0.3) is 0 Å². The molecule has 0 aliphatic rings. The fourth-order valence-corrected chi connectivity index (χ4v) is 2.11. The van der Waals surface area contributed by atoms with Crippen molar-refractivity contribution in [3.8, 4) is 11.5 Å². The van der Waals surface area contributed by atoms with Crippen LogP contribution < -0.4 is 5.32 Å². The third-order valence-electron chi connectivity index (χ3n) is 3.28. The number of rotatable bonds is 6. The van der Waals surface area contributed by atoms with Gasteiger partial charge in [-0.25, -0.2) is 4.79 Å². The minimum Gasteiger partial charge on any atom is -0.504 e. The van der Waals surface area contributed by atoms with Gasteiger partial charge in [0.25, 0.3) is 5.91 Å². The molecule has 2 rings (SSSR count). The molecule has 24 heavy (non-hydrogen) atoms. The second-order valence-corrected chi connectivity index (χ2v) is 5.05. The van der Waals surface area contributed by atoms with E-state index in [1.54, 1.807) is 31.3 Å². The number of carbonyl (C=O) groups excluding carboxylic acids is 2. The minimum absolute atomic E-state index is 0.110. The van der Waals surface area contributed by atoms with Gasteiger partial charge in [-0.3, -0.25) is 9.78 Å². The molecule has 1 aromatic carbocycles. The maximum Gasteiger partial charge on any atom is 0.328 e. The summed E-state index contributed by atoms with van der Waals surface area (Å²) in [5, 5.41) is 21.5. The molecule has 0 bridgehead atoms. The van der Waals surface area contributed by atoms with Crippen LogP contribution in [-0.2, 0) is 16.0 Å². The predicted molar refractivity (Wildman–Crippen MR) is 85.6 cm³/mol. The summed E-state index contributed by atoms with van der Waals surface area (Å²) in [6.07, 6.45) is 3.04. The molecule has 0 aliphatic carbocycles. The van der Waals surface area contributed by atoms with Gasteiger partial charge in [-0.1, -0.05) is 6.07 Å². The fourth-order valence-electron chi connectivity index (χ4n) is 2.11. The SMILES string of the molecule is CCOC(=O)C(Cc1ccc(O)c(O)c1)NC(=O)c1cccnc1. The van der Waals surface area contributed by atoms with E-state index >= 15 is 0 Å². The van der Waals surface area contributed by atoms with Crippen LogP contribution in [0.15, 0.2) is 42.7 Å². The number of pyridine rings is 1. The van der Waals surface area contributed by atoms with Crippen LogP contribution in [0.3, 0.4) is 0 Å². The van der Waals surface area contributed by atoms with Crippen molar-refractivity contribution in [3.05, 3.63) is 53.9 Å². The van der Waals surface area contributed by atoms with E-state index < -0.39 is 17.9 Å². The van der Waals surface area contributed by atoms with Gasteiger partial charge in [0.2, 0.25) is 0 Å². The highest BCUT2D eigenvalue weighted by molar-refractivity contribution is 5.96. The molecule has 7 nitrogen and oxygen atoms in total. The molecule has 0 saturated carbocycles. The lowest BCUT2D eigenvalue weighted by atomic mass is 10.0. The van der Waals surface area contributed by atoms with Gasteiger partial charge in [0.05, 0.1) is 12.2 Å². The number of aromatic nitrogens is 1. The van der Waals surface area contributed by atoms with Crippen LogP contribution >= 0.6 is 0 Å². The lowest BCUT2D eigenvalue weighted by molar-refractivity contribution is -0.145. The number of nitrogens with zero attached hydrogens (tertiary/aromatic N) is 1. The summed E-state index contributed by atoms with van der Waals surface area (Å²) in [7, 11) is 0. The van der Waals surface area contributed by atoms with Crippen LogP contribution in [0.2, 0.25) is 0 Å². The summed E-state index contributed by atoms with van der Waals surface area (Å²) in [4.78, 5) is 28.2. The molecule has 1 atom stereocenters. The standard InChI is InChI=1S/C17H18N2O5/c1-2-24-17(23)13(8-11-5-6-14(20)15(21)9-11)19-16(22)12-4-3-7-18-10-12/h3-7,9-10,13,20-21H,2,8H2,1H3,(H,19,22). The molecule has 0 fully saturated rings. The number of esters is 1. The first kappa shape index (κ1) is 17.3. The first-order valence-corrected chi connectivity index (χ1v) is 7.39. The summed E-state index contributed by atoms with van der Waals surface area (Å²) in [6.45, 7) is 1.85. The Morgan fingerprint density at radius 1 is 1.25 bits per heavy atom. The van der Waals surface area contributed by atoms with Gasteiger partial charge in [0, 0.05) is 18.8 Å². The number of amides is 1. The molecule has 1 amide bonds. The fraction of sp³-hybridized carbons (Fsp3) is 0.235. The van der Waals surface area contributed by atoms with Crippen molar-refractivity contribution in [3.63, 3.8) is 0 Å². The zero-order valence-electron chi connectivity index (χ0n) is 13.1. The van der Waals surface area contributed by atoms with Crippen molar-refractivity contribution in [2.24, 2.45) is 0 Å². The van der Waals surface area contributed by atoms with E-state index in [2.05, 4.69) is 10.3 Å². The lowest BCUT2D eigenvalue weighted by Gasteiger charge is -2.17. The second-order valence-electron chi connectivity index (χ2n) is 5.05. The van der Waals surface area contributed by atoms with Crippen molar-refractivity contribution >= 4 is 11.9 Å². The monoisotopic (exact) mass is 330 g/mol. The van der Waals surface area contributed by atoms with Gasteiger partial charge < -0.3 is 20.3 Å². The molecule has 1 heterocycles. The number of carbonyl (C=O) groups is 2. The molecule has 0 saturated heterocycles. The van der Waals surface area contributed by atoms with Crippen LogP contribution in [-0.4, -0.2) is 39.7 Å². The summed E-state index contributed by atoms with van der Waals surface area (Å²) in [6, 6.07) is 6.47. The van der Waals surface area contributed by atoms with E-state index in [4.69, 9.17) is 4.74 Å². The van der Waals surface area contributed by atoms with Crippen molar-refractivity contribution in [1.82, 2.24) is 10.3 Å². The van der Waals surface area contributed by atoms with Gasteiger partial charge in [0.15, 0.2) is 11.5 Å². The van der Waals surface area contributed by atoms with Crippen LogP contribution in [0.1, 0.15) is 22.8 Å². The van der Waals surface area contributed by atoms with Gasteiger partial charge in [-0.15, -0.1) is 0 Å². The van der Waals surface area contributed by atoms with Crippen molar-refractivity contribution in [1.29, 1.82) is 0 Å². The zero-order chi connectivity index (χ0) is 17.5. The molecule has 126 valence electrons. The average Bonchev–Trinajstić information content (AvgIpc) is 2.58. The highest BCUT2D eigenvalue weighted by Crippen LogP contribution is 2.25. The molecule has 0 radical (unpaired) electrons. The smallest absolute Gasteiger partial charge is 0.328 e. The first-order valence-electron chi connectivity index (χ1n) is 7.39. The Labute approximate surface area is 138 Å². The number of benzene rings is 1. The van der Waals surface area contributed by atoms with E-state index in [1.807, 2.05) is 0 Å². The van der Waals surface area contributed by atoms with Gasteiger partial charge in [-0.2, -0.15) is 0 Å². The Morgan fingerprint density at radius 2 is 2.04 bits per heavy atom. The molecule has 3 N–H and O–H groups in total. The minimum atomic E-state index is -0.929. The number of ether oxygens (including phenoxy) is 1. The number of hydrogen-bond donors (Lipinski definition) is 3. The quantitative estimate of drug-likeness (QED) is 0.546. The second kappa shape index (κ2) is 7.96. The van der Waals surface area contributed by atoms with Crippen LogP contribution in [0.4, 0.5) is 0 Å². The highest BCUT2D eigenvalue weighted by atomic mass is 16.5. The molecule has 0 aliphatic heterocycles. The third-order valence-corrected chi connectivity index (χ3v) is 3.28. The number of phenols is 2. The number of aromatic hydroxyl groups is 2. The van der Waals surface area contributed by atoms with Gasteiger partial charge in [-0.05, 0) is 36.8 Å². The molecule has 1 unspecified atom stereocenters. The summed E-state index contributed by atoms with van der Waals surface area (Å²) in [5.41, 5.74) is 0.884. The van der Waals surface area contributed by atoms with E-state index in [1.165, 1.54) is 18.3 Å². The summed E-state index contributed by atoms with van der Waals surface area (Å²) in [5.74, 6) is -1.59. The highest BCUT2D eigenvalue weighted by Gasteiger charge is 2.23. The summed E-state index contributed by atoms with van der Waals surface area (Å²) < 4.78 is 4.99. The number of phenolic OH excluding ortho intramolecular Hbond substituents is 2. The zero-order valence-corrected chi connectivity index (χ0v) is 13.1. The van der Waals surface area contributed by atoms with Crippen molar-refractivity contribution in [2.75, 3.05) is 6.61 Å². The Bertz CT molecular complexity index is 718. The average molecular weight is 330 g/mol. The lowest BCUT2D eigenvalue weighted by Crippen LogP contribution is -2.43. The topological polar surface area (TPSA) is 109 Å². The largest absolute Gasteiger partial charge is 0.504 e. The molecule has 0 spiro atoms. The molecular weight excluding hydrogens is 312 g/mol. The van der Waals surface area contributed by atoms with E-state index in [-0.39, 0.29) is 24.5 Å². The van der Waals surface area contributed by atoms with E-state index in [9.17, 15) is 19.8 Å². The summed E-state index contributed by atoms with van der Waals surface area (Å²) >= 11 is 0. The van der Waals surface area contributed by atoms with Crippen molar-refractivity contribution in [2.45, 2.75) is 19.4 Å². The maximum absolute atomic E-state index is 12.2. The number of nitrogens with one attached hydrogen (secondary N) is 1. The van der Waals surface area contributed by atoms with Gasteiger partial charge >= 0.3 is 5.97 Å². The molecular formula is C17H18N2O5. The maximum atomic E-state index is 12.2. The van der Waals surface area contributed by atoms with E-state index in [0.717, 1.165) is 0 Å². The Kier molecular flexibility index (Phi) is 5.73.